The van der Waals surface area contributed by atoms with Crippen molar-refractivity contribution < 1.29 is 5.11 Å². The molecule has 0 atom stereocenters. The van der Waals surface area contributed by atoms with E-state index >= 15 is 0 Å². The zero-order valence-electron chi connectivity index (χ0n) is 9.74. The molecule has 0 aromatic heterocycles. The van der Waals surface area contributed by atoms with Gasteiger partial charge in [-0.25, -0.2) is 0 Å². The van der Waals surface area contributed by atoms with E-state index in [4.69, 9.17) is 5.11 Å². The van der Waals surface area contributed by atoms with Crippen molar-refractivity contribution in [3.05, 3.63) is 58.7 Å². The molecule has 84 valence electrons. The van der Waals surface area contributed by atoms with Crippen LogP contribution in [0.2, 0.25) is 0 Å². The third-order valence-corrected chi connectivity index (χ3v) is 3.24. The Morgan fingerprint density at radius 2 is 1.25 bits per heavy atom. The van der Waals surface area contributed by atoms with E-state index in [1.807, 2.05) is 0 Å². The average Bonchev–Trinajstić information content (AvgIpc) is 2.38. The van der Waals surface area contributed by atoms with Crippen molar-refractivity contribution in [1.82, 2.24) is 0 Å². The predicted octanol–water partition coefficient (Wildman–Crippen LogP) is 3.04. The highest BCUT2D eigenvalue weighted by atomic mass is 16.2. The van der Waals surface area contributed by atoms with Crippen LogP contribution in [0.3, 0.4) is 0 Å². The first kappa shape index (κ1) is 11.2. The van der Waals surface area contributed by atoms with Crippen LogP contribution in [0.4, 0.5) is 0 Å². The number of aliphatic hydroxyl groups is 1. The summed E-state index contributed by atoms with van der Waals surface area (Å²) in [6.45, 7) is 0. The van der Waals surface area contributed by atoms with E-state index < -0.39 is 0 Å². The van der Waals surface area contributed by atoms with Gasteiger partial charge < -0.3 is 5.11 Å². The monoisotopic (exact) mass is 214 g/mol. The molecule has 0 saturated carbocycles. The molecule has 1 nitrogen and oxygen atoms in total. The molecule has 3 rings (SSSR count). The lowest BCUT2D eigenvalue weighted by atomic mass is 9.81. The second-order valence-electron chi connectivity index (χ2n) is 4.16. The molecule has 0 radical (unpaired) electrons. The second kappa shape index (κ2) is 5.13. The predicted molar refractivity (Wildman–Crippen MR) is 67.4 cm³/mol. The van der Waals surface area contributed by atoms with Crippen molar-refractivity contribution in [2.45, 2.75) is 25.7 Å². The molecule has 0 aliphatic heterocycles. The van der Waals surface area contributed by atoms with Crippen LogP contribution in [0.1, 0.15) is 24.0 Å². The minimum Gasteiger partial charge on any atom is -0.400 e. The van der Waals surface area contributed by atoms with Crippen molar-refractivity contribution in [1.29, 1.82) is 0 Å². The second-order valence-corrected chi connectivity index (χ2v) is 4.16. The molecule has 1 heteroatoms. The molecule has 2 aliphatic rings. The van der Waals surface area contributed by atoms with E-state index in [1.165, 1.54) is 24.0 Å². The molecule has 2 aliphatic carbocycles. The molecule has 1 aromatic rings. The van der Waals surface area contributed by atoms with Gasteiger partial charge >= 0.3 is 0 Å². The van der Waals surface area contributed by atoms with Crippen LogP contribution in [0, 0.1) is 0 Å². The SMILES string of the molecule is C1=C2Cc3ccccc3CC2=CCC1.CO. The number of hydrogen-bond acceptors (Lipinski definition) is 1. The summed E-state index contributed by atoms with van der Waals surface area (Å²) in [6.07, 6.45) is 9.63. The molecule has 0 amide bonds. The van der Waals surface area contributed by atoms with Gasteiger partial charge in [0.05, 0.1) is 0 Å². The van der Waals surface area contributed by atoms with Crippen LogP contribution in [-0.2, 0) is 12.8 Å². The third-order valence-electron chi connectivity index (χ3n) is 3.24. The van der Waals surface area contributed by atoms with Gasteiger partial charge in [-0.2, -0.15) is 0 Å². The minimum atomic E-state index is 1.00. The van der Waals surface area contributed by atoms with Crippen molar-refractivity contribution >= 4 is 0 Å². The highest BCUT2D eigenvalue weighted by Crippen LogP contribution is 2.32. The van der Waals surface area contributed by atoms with Crippen molar-refractivity contribution in [2.24, 2.45) is 0 Å². The Hall–Kier alpha value is -1.34. The number of fused-ring (bicyclic) bond motifs is 2. The molecule has 16 heavy (non-hydrogen) atoms. The zero-order valence-corrected chi connectivity index (χ0v) is 9.74. The van der Waals surface area contributed by atoms with Crippen molar-refractivity contribution in [3.63, 3.8) is 0 Å². The van der Waals surface area contributed by atoms with Crippen LogP contribution in [-0.4, -0.2) is 12.2 Å². The molecular formula is C15H18O. The maximum atomic E-state index is 7.00. The van der Waals surface area contributed by atoms with Crippen molar-refractivity contribution in [3.8, 4) is 0 Å². The van der Waals surface area contributed by atoms with Crippen LogP contribution in [0.5, 0.6) is 0 Å². The smallest absolute Gasteiger partial charge is 0.0319 e. The summed E-state index contributed by atoms with van der Waals surface area (Å²) in [5.41, 5.74) is 6.21. The third kappa shape index (κ3) is 2.10. The number of benzene rings is 1. The number of rotatable bonds is 0. The van der Waals surface area contributed by atoms with E-state index in [-0.39, 0.29) is 0 Å². The summed E-state index contributed by atoms with van der Waals surface area (Å²) >= 11 is 0. The van der Waals surface area contributed by atoms with Gasteiger partial charge in [-0.05, 0) is 48.0 Å². The molecule has 1 N–H and O–H groups in total. The number of aliphatic hydroxyl groups excluding tert-OH is 1. The van der Waals surface area contributed by atoms with Gasteiger partial charge in [0.15, 0.2) is 0 Å². The Bertz CT molecular complexity index is 386. The van der Waals surface area contributed by atoms with E-state index in [0.29, 0.717) is 0 Å². The van der Waals surface area contributed by atoms with E-state index in [2.05, 4.69) is 36.4 Å². The first-order chi connectivity index (χ1) is 7.93. The molecule has 0 spiro atoms. The van der Waals surface area contributed by atoms with Gasteiger partial charge in [-0.3, -0.25) is 0 Å². The quantitative estimate of drug-likeness (QED) is 0.703. The summed E-state index contributed by atoms with van der Waals surface area (Å²) in [5.74, 6) is 0. The highest BCUT2D eigenvalue weighted by molar-refractivity contribution is 5.48. The fraction of sp³-hybridized carbons (Fsp3) is 0.333. The molecule has 0 bridgehead atoms. The maximum Gasteiger partial charge on any atom is 0.0319 e. The van der Waals surface area contributed by atoms with Gasteiger partial charge in [-0.1, -0.05) is 36.4 Å². The highest BCUT2D eigenvalue weighted by Gasteiger charge is 2.17. The van der Waals surface area contributed by atoms with Crippen LogP contribution in [0.15, 0.2) is 47.6 Å². The molecule has 1 aromatic carbocycles. The van der Waals surface area contributed by atoms with Gasteiger partial charge in [0.25, 0.3) is 0 Å². The molecular weight excluding hydrogens is 196 g/mol. The fourth-order valence-electron chi connectivity index (χ4n) is 2.46. The van der Waals surface area contributed by atoms with Gasteiger partial charge in [-0.15, -0.1) is 0 Å². The Morgan fingerprint density at radius 1 is 0.812 bits per heavy atom. The maximum absolute atomic E-state index is 7.00. The first-order valence-corrected chi connectivity index (χ1v) is 5.83. The van der Waals surface area contributed by atoms with E-state index in [0.717, 1.165) is 20.0 Å². The lowest BCUT2D eigenvalue weighted by Gasteiger charge is -2.24. The molecule has 0 fully saturated rings. The van der Waals surface area contributed by atoms with Crippen LogP contribution < -0.4 is 0 Å². The van der Waals surface area contributed by atoms with Crippen LogP contribution >= 0.6 is 0 Å². The van der Waals surface area contributed by atoms with Crippen LogP contribution in [0.25, 0.3) is 0 Å². The van der Waals surface area contributed by atoms with Gasteiger partial charge in [0, 0.05) is 7.11 Å². The molecule has 0 saturated heterocycles. The topological polar surface area (TPSA) is 20.2 Å². The Morgan fingerprint density at radius 3 is 1.69 bits per heavy atom. The van der Waals surface area contributed by atoms with Gasteiger partial charge in [0.2, 0.25) is 0 Å². The summed E-state index contributed by atoms with van der Waals surface area (Å²) in [6, 6.07) is 8.83. The lowest BCUT2D eigenvalue weighted by molar-refractivity contribution is 0.399. The first-order valence-electron chi connectivity index (χ1n) is 5.83. The molecule has 0 unspecified atom stereocenters. The van der Waals surface area contributed by atoms with Crippen molar-refractivity contribution in [2.75, 3.05) is 7.11 Å². The lowest BCUT2D eigenvalue weighted by Crippen LogP contribution is -2.10. The standard InChI is InChI=1S/C14H14.CH4O/c1-2-6-12-10-14-8-4-3-7-13(14)9-11(12)5-1;1-2/h1-2,5-8H,3-4,9-10H2;2H,1H3. The minimum absolute atomic E-state index is 1.00. The Labute approximate surface area is 97.1 Å². The van der Waals surface area contributed by atoms with Gasteiger partial charge in [0.1, 0.15) is 0 Å². The Balaban J connectivity index is 0.000000457. The normalized spacial score (nSPS) is 17.1. The van der Waals surface area contributed by atoms with E-state index in [9.17, 15) is 0 Å². The van der Waals surface area contributed by atoms with E-state index in [1.54, 1.807) is 11.1 Å². The summed E-state index contributed by atoms with van der Waals surface area (Å²) in [7, 11) is 1.00. The fourth-order valence-corrected chi connectivity index (χ4v) is 2.46. The number of allylic oxidation sites excluding steroid dienone is 4. The average molecular weight is 214 g/mol. The largest absolute Gasteiger partial charge is 0.400 e. The number of hydrogen-bond donors (Lipinski definition) is 1. The summed E-state index contributed by atoms with van der Waals surface area (Å²) in [5, 5.41) is 7.00. The zero-order chi connectivity index (χ0) is 11.4. The summed E-state index contributed by atoms with van der Waals surface area (Å²) < 4.78 is 0. The Kier molecular flexibility index (Phi) is 3.58. The summed E-state index contributed by atoms with van der Waals surface area (Å²) in [4.78, 5) is 0. The molecule has 0 heterocycles.